The van der Waals surface area contributed by atoms with Crippen molar-refractivity contribution in [3.8, 4) is 0 Å². The van der Waals surface area contributed by atoms with Crippen LogP contribution in [0.3, 0.4) is 0 Å². The van der Waals surface area contributed by atoms with Crippen molar-refractivity contribution >= 4 is 22.9 Å². The molecule has 1 aliphatic rings. The molecular formula is C18H25N3O4. The zero-order chi connectivity index (χ0) is 18.2. The van der Waals surface area contributed by atoms with E-state index in [2.05, 4.69) is 10.6 Å². The fourth-order valence-electron chi connectivity index (χ4n) is 3.20. The molecule has 3 rings (SSSR count). The number of oxazole rings is 1. The maximum absolute atomic E-state index is 12.0. The Morgan fingerprint density at radius 1 is 1.28 bits per heavy atom. The van der Waals surface area contributed by atoms with Crippen LogP contribution in [0.15, 0.2) is 27.4 Å². The van der Waals surface area contributed by atoms with Gasteiger partial charge < -0.3 is 19.8 Å². The van der Waals surface area contributed by atoms with Gasteiger partial charge in [0.1, 0.15) is 5.60 Å². The lowest BCUT2D eigenvalue weighted by Crippen LogP contribution is -2.45. The van der Waals surface area contributed by atoms with Gasteiger partial charge in [-0.15, -0.1) is 0 Å². The molecule has 0 aliphatic heterocycles. The summed E-state index contributed by atoms with van der Waals surface area (Å²) in [5, 5.41) is 6.42. The number of benzene rings is 1. The van der Waals surface area contributed by atoms with Crippen molar-refractivity contribution in [1.29, 1.82) is 0 Å². The third-order valence-corrected chi connectivity index (χ3v) is 4.36. The van der Waals surface area contributed by atoms with Gasteiger partial charge in [0.2, 0.25) is 0 Å². The maximum Gasteiger partial charge on any atom is 0.419 e. The van der Waals surface area contributed by atoms with E-state index >= 15 is 0 Å². The lowest BCUT2D eigenvalue weighted by Gasteiger charge is -2.26. The second kappa shape index (κ2) is 6.46. The molecule has 1 saturated carbocycles. The molecule has 136 valence electrons. The zero-order valence-corrected chi connectivity index (χ0v) is 15.1. The molecule has 2 atom stereocenters. The van der Waals surface area contributed by atoms with E-state index in [1.54, 1.807) is 13.1 Å². The van der Waals surface area contributed by atoms with E-state index in [4.69, 9.17) is 9.15 Å². The highest BCUT2D eigenvalue weighted by molar-refractivity contribution is 5.77. The first-order valence-corrected chi connectivity index (χ1v) is 8.58. The summed E-state index contributed by atoms with van der Waals surface area (Å²) in [4.78, 5) is 23.6. The van der Waals surface area contributed by atoms with Crippen molar-refractivity contribution in [2.45, 2.75) is 57.7 Å². The number of fused-ring (bicyclic) bond motifs is 1. The van der Waals surface area contributed by atoms with Crippen molar-refractivity contribution in [3.63, 3.8) is 0 Å². The average molecular weight is 347 g/mol. The number of ether oxygens (including phenoxy) is 1. The number of rotatable bonds is 3. The van der Waals surface area contributed by atoms with Crippen LogP contribution in [-0.4, -0.2) is 28.3 Å². The quantitative estimate of drug-likeness (QED) is 0.891. The van der Waals surface area contributed by atoms with Crippen LogP contribution in [0.5, 0.6) is 0 Å². The van der Waals surface area contributed by atoms with Crippen LogP contribution in [0.25, 0.3) is 11.1 Å². The highest BCUT2D eigenvalue weighted by Gasteiger charge is 2.30. The van der Waals surface area contributed by atoms with Crippen LogP contribution in [0, 0.1) is 0 Å². The predicted octanol–water partition coefficient (Wildman–Crippen LogP) is 2.99. The Balaban J connectivity index is 1.70. The Bertz CT molecular complexity index is 831. The molecule has 0 spiro atoms. The van der Waals surface area contributed by atoms with Crippen molar-refractivity contribution in [1.82, 2.24) is 9.88 Å². The molecule has 7 heteroatoms. The monoisotopic (exact) mass is 347 g/mol. The largest absolute Gasteiger partial charge is 0.444 e. The Kier molecular flexibility index (Phi) is 4.49. The smallest absolute Gasteiger partial charge is 0.419 e. The summed E-state index contributed by atoms with van der Waals surface area (Å²) in [7, 11) is 1.68. The molecule has 1 fully saturated rings. The van der Waals surface area contributed by atoms with Crippen molar-refractivity contribution < 1.29 is 13.9 Å². The van der Waals surface area contributed by atoms with Crippen LogP contribution < -0.4 is 16.4 Å². The lowest BCUT2D eigenvalue weighted by atomic mass is 10.1. The van der Waals surface area contributed by atoms with Gasteiger partial charge in [0.05, 0.1) is 11.6 Å². The van der Waals surface area contributed by atoms with Gasteiger partial charge in [-0.05, 0) is 58.2 Å². The summed E-state index contributed by atoms with van der Waals surface area (Å²) in [5.41, 5.74) is 1.69. The molecule has 0 bridgehead atoms. The van der Waals surface area contributed by atoms with E-state index in [0.717, 1.165) is 30.5 Å². The maximum atomic E-state index is 12.0. The van der Waals surface area contributed by atoms with Crippen LogP contribution in [0.4, 0.5) is 10.5 Å². The molecule has 0 radical (unpaired) electrons. The summed E-state index contributed by atoms with van der Waals surface area (Å²) >= 11 is 0. The number of anilines is 1. The molecular weight excluding hydrogens is 322 g/mol. The number of carbonyl (C=O) groups is 1. The van der Waals surface area contributed by atoms with E-state index in [-0.39, 0.29) is 23.9 Å². The van der Waals surface area contributed by atoms with Gasteiger partial charge >= 0.3 is 11.8 Å². The van der Waals surface area contributed by atoms with Crippen LogP contribution in [-0.2, 0) is 11.8 Å². The Morgan fingerprint density at radius 3 is 2.72 bits per heavy atom. The van der Waals surface area contributed by atoms with Gasteiger partial charge in [-0.25, -0.2) is 9.59 Å². The van der Waals surface area contributed by atoms with Crippen LogP contribution >= 0.6 is 0 Å². The SMILES string of the molecule is Cn1c(=O)oc2ccc(N[C@@H]3CCC[C@@H]3NC(=O)OC(C)(C)C)cc21. The van der Waals surface area contributed by atoms with Crippen LogP contribution in [0.2, 0.25) is 0 Å². The number of carbonyl (C=O) groups excluding carboxylic acids is 1. The summed E-state index contributed by atoms with van der Waals surface area (Å²) in [6.45, 7) is 5.55. The number of hydrogen-bond acceptors (Lipinski definition) is 5. The molecule has 0 unspecified atom stereocenters. The molecule has 2 aromatic rings. The molecule has 1 aliphatic carbocycles. The summed E-state index contributed by atoms with van der Waals surface area (Å²) < 4.78 is 12.0. The van der Waals surface area contributed by atoms with E-state index in [1.165, 1.54) is 4.57 Å². The molecule has 2 N–H and O–H groups in total. The first kappa shape index (κ1) is 17.4. The van der Waals surface area contributed by atoms with Crippen LogP contribution in [0.1, 0.15) is 40.0 Å². The van der Waals surface area contributed by atoms with Crippen molar-refractivity contribution in [3.05, 3.63) is 28.7 Å². The first-order valence-electron chi connectivity index (χ1n) is 8.58. The molecule has 25 heavy (non-hydrogen) atoms. The molecule has 1 aromatic carbocycles. The second-order valence-corrected chi connectivity index (χ2v) is 7.54. The number of amides is 1. The Hall–Kier alpha value is -2.44. The van der Waals surface area contributed by atoms with Gasteiger partial charge in [-0.3, -0.25) is 4.57 Å². The summed E-state index contributed by atoms with van der Waals surface area (Å²) in [5.74, 6) is -0.377. The van der Waals surface area contributed by atoms with Crippen molar-refractivity contribution in [2.75, 3.05) is 5.32 Å². The van der Waals surface area contributed by atoms with Gasteiger partial charge in [-0.1, -0.05) is 0 Å². The summed E-state index contributed by atoms with van der Waals surface area (Å²) in [6.07, 6.45) is 2.51. The van der Waals surface area contributed by atoms with Gasteiger partial charge in [0.25, 0.3) is 0 Å². The van der Waals surface area contributed by atoms with E-state index in [1.807, 2.05) is 32.9 Å². The minimum Gasteiger partial charge on any atom is -0.444 e. The third kappa shape index (κ3) is 3.97. The van der Waals surface area contributed by atoms with Crippen molar-refractivity contribution in [2.24, 2.45) is 7.05 Å². The summed E-state index contributed by atoms with van der Waals surface area (Å²) in [6, 6.07) is 5.69. The minimum atomic E-state index is -0.511. The van der Waals surface area contributed by atoms with E-state index in [9.17, 15) is 9.59 Å². The molecule has 1 amide bonds. The fraction of sp³-hybridized carbons (Fsp3) is 0.556. The Labute approximate surface area is 146 Å². The lowest BCUT2D eigenvalue weighted by molar-refractivity contribution is 0.0503. The highest BCUT2D eigenvalue weighted by Crippen LogP contribution is 2.25. The third-order valence-electron chi connectivity index (χ3n) is 4.36. The van der Waals surface area contributed by atoms with Gasteiger partial charge in [-0.2, -0.15) is 0 Å². The number of aryl methyl sites for hydroxylation is 1. The second-order valence-electron chi connectivity index (χ2n) is 7.54. The number of nitrogens with zero attached hydrogens (tertiary/aromatic N) is 1. The first-order chi connectivity index (χ1) is 11.7. The van der Waals surface area contributed by atoms with Gasteiger partial charge in [0.15, 0.2) is 5.58 Å². The average Bonchev–Trinajstić information content (AvgIpc) is 3.03. The number of hydrogen-bond donors (Lipinski definition) is 2. The zero-order valence-electron chi connectivity index (χ0n) is 15.1. The number of aromatic nitrogens is 1. The minimum absolute atomic E-state index is 0.0127. The standard InChI is InChI=1S/C18H25N3O4/c1-18(2,3)25-16(22)20-13-7-5-6-12(13)19-11-8-9-15-14(10-11)21(4)17(23)24-15/h8-10,12-13,19H,5-7H2,1-4H3,(H,20,22)/t12-,13+/m1/s1. The number of nitrogens with one attached hydrogen (secondary N) is 2. The van der Waals surface area contributed by atoms with Gasteiger partial charge in [0, 0.05) is 18.8 Å². The molecule has 0 saturated heterocycles. The highest BCUT2D eigenvalue weighted by atomic mass is 16.6. The Morgan fingerprint density at radius 2 is 2.00 bits per heavy atom. The topological polar surface area (TPSA) is 85.5 Å². The molecule has 1 heterocycles. The normalized spacial score (nSPS) is 20.6. The predicted molar refractivity (Wildman–Crippen MR) is 95.9 cm³/mol. The molecule has 7 nitrogen and oxygen atoms in total. The fourth-order valence-corrected chi connectivity index (χ4v) is 3.20. The number of alkyl carbamates (subject to hydrolysis) is 1. The van der Waals surface area contributed by atoms with E-state index < -0.39 is 5.60 Å². The van der Waals surface area contributed by atoms with E-state index in [0.29, 0.717) is 5.58 Å². The molecule has 1 aromatic heterocycles.